The summed E-state index contributed by atoms with van der Waals surface area (Å²) < 4.78 is 5.54. The van der Waals surface area contributed by atoms with Crippen molar-refractivity contribution in [3.05, 3.63) is 40.4 Å². The summed E-state index contributed by atoms with van der Waals surface area (Å²) in [6.45, 7) is 0.0115. The van der Waals surface area contributed by atoms with E-state index >= 15 is 0 Å². The first-order valence-electron chi connectivity index (χ1n) is 6.09. The Hall–Kier alpha value is -2.71. The van der Waals surface area contributed by atoms with Crippen molar-refractivity contribution in [3.8, 4) is 5.75 Å². The molecule has 0 bridgehead atoms. The average Bonchev–Trinajstić information content (AvgIpc) is 2.48. The van der Waals surface area contributed by atoms with Gasteiger partial charge >= 0.3 is 5.97 Å². The molecular weight excluding hydrogens is 310 g/mol. The lowest BCUT2D eigenvalue weighted by Gasteiger charge is -2.13. The molecule has 0 spiro atoms. The van der Waals surface area contributed by atoms with E-state index in [1.807, 2.05) is 0 Å². The molecule has 8 nitrogen and oxygen atoms in total. The summed E-state index contributed by atoms with van der Waals surface area (Å²) in [5.74, 6) is 4.84. The molecule has 0 aliphatic carbocycles. The van der Waals surface area contributed by atoms with Gasteiger partial charge in [0.15, 0.2) is 5.82 Å². The van der Waals surface area contributed by atoms with Crippen molar-refractivity contribution in [1.82, 2.24) is 4.98 Å². The number of carboxylic acid groups (broad SMARTS) is 1. The number of anilines is 3. The van der Waals surface area contributed by atoms with Gasteiger partial charge in [-0.2, -0.15) is 0 Å². The van der Waals surface area contributed by atoms with Crippen LogP contribution in [0.4, 0.5) is 17.3 Å². The smallest absolute Gasteiger partial charge is 0.335 e. The molecule has 0 radical (unpaired) electrons. The largest absolute Gasteiger partial charge is 0.486 e. The molecule has 0 aliphatic heterocycles. The number of aromatic nitrogens is 1. The topological polar surface area (TPSA) is 150 Å². The normalized spacial score (nSPS) is 10.3. The zero-order chi connectivity index (χ0) is 16.3. The van der Waals surface area contributed by atoms with Crippen LogP contribution in [-0.2, 0) is 6.61 Å². The number of carboxylic acids is 1. The van der Waals surface area contributed by atoms with Crippen LogP contribution in [0.1, 0.15) is 15.9 Å². The summed E-state index contributed by atoms with van der Waals surface area (Å²) in [5.41, 5.74) is 14.5. The molecular formula is C13H14ClN5O3. The minimum absolute atomic E-state index is 0.0115. The number of nitrogens with one attached hydrogen (secondary N) is 1. The number of hydrogen-bond acceptors (Lipinski definition) is 7. The van der Waals surface area contributed by atoms with Gasteiger partial charge in [-0.05, 0) is 18.2 Å². The van der Waals surface area contributed by atoms with Crippen molar-refractivity contribution in [2.24, 2.45) is 5.84 Å². The number of nitrogen functional groups attached to an aromatic ring is 3. The van der Waals surface area contributed by atoms with Crippen molar-refractivity contribution < 1.29 is 14.6 Å². The van der Waals surface area contributed by atoms with Gasteiger partial charge in [0.25, 0.3) is 0 Å². The zero-order valence-corrected chi connectivity index (χ0v) is 12.1. The molecule has 9 heteroatoms. The fourth-order valence-corrected chi connectivity index (χ4v) is 1.93. The van der Waals surface area contributed by atoms with E-state index in [0.717, 1.165) is 0 Å². The highest BCUT2D eigenvalue weighted by Gasteiger charge is 2.12. The van der Waals surface area contributed by atoms with Gasteiger partial charge in [-0.15, -0.1) is 0 Å². The van der Waals surface area contributed by atoms with Gasteiger partial charge in [0.05, 0.1) is 5.56 Å². The van der Waals surface area contributed by atoms with Crippen LogP contribution in [0.15, 0.2) is 24.3 Å². The summed E-state index contributed by atoms with van der Waals surface area (Å²) in [6.07, 6.45) is 0. The first-order chi connectivity index (χ1) is 10.4. The zero-order valence-electron chi connectivity index (χ0n) is 11.3. The molecule has 0 atom stereocenters. The van der Waals surface area contributed by atoms with Gasteiger partial charge < -0.3 is 26.7 Å². The number of aromatic carboxylic acids is 1. The molecule has 2 aromatic rings. The van der Waals surface area contributed by atoms with E-state index in [1.54, 1.807) is 0 Å². The van der Waals surface area contributed by atoms with Gasteiger partial charge in [-0.1, -0.05) is 11.6 Å². The number of halogens is 1. The number of nitrogens with two attached hydrogens (primary N) is 3. The van der Waals surface area contributed by atoms with Crippen molar-refractivity contribution in [1.29, 1.82) is 0 Å². The standard InChI is InChI=1S/C13H14ClN5O3/c14-8-2-1-6(13(20)21)3-7(8)5-22-9-4-10(15)18-12(19-17)11(9)16/h1-4H,5,16-17H2,(H,20,21)(H3,15,18,19). The minimum Gasteiger partial charge on any atom is -0.486 e. The van der Waals surface area contributed by atoms with Gasteiger partial charge in [-0.25, -0.2) is 15.6 Å². The molecule has 116 valence electrons. The molecule has 1 aromatic carbocycles. The summed E-state index contributed by atoms with van der Waals surface area (Å²) in [7, 11) is 0. The third-order valence-electron chi connectivity index (χ3n) is 2.85. The number of hydrogen-bond donors (Lipinski definition) is 5. The van der Waals surface area contributed by atoms with Crippen molar-refractivity contribution in [2.45, 2.75) is 6.61 Å². The second kappa shape index (κ2) is 6.37. The maximum atomic E-state index is 11.0. The molecule has 0 unspecified atom stereocenters. The van der Waals surface area contributed by atoms with E-state index in [4.69, 9.17) is 38.8 Å². The first-order valence-corrected chi connectivity index (χ1v) is 6.47. The van der Waals surface area contributed by atoms with E-state index < -0.39 is 5.97 Å². The quantitative estimate of drug-likeness (QED) is 0.410. The Morgan fingerprint density at radius 2 is 2.09 bits per heavy atom. The Bertz CT molecular complexity index is 723. The number of hydrazine groups is 1. The molecule has 0 saturated carbocycles. The monoisotopic (exact) mass is 323 g/mol. The molecule has 0 amide bonds. The highest BCUT2D eigenvalue weighted by atomic mass is 35.5. The number of ether oxygens (including phenoxy) is 1. The molecule has 0 saturated heterocycles. The third-order valence-corrected chi connectivity index (χ3v) is 3.22. The van der Waals surface area contributed by atoms with Gasteiger partial charge in [-0.3, -0.25) is 0 Å². The van der Waals surface area contributed by atoms with Crippen LogP contribution in [-0.4, -0.2) is 16.1 Å². The summed E-state index contributed by atoms with van der Waals surface area (Å²) in [4.78, 5) is 14.9. The number of rotatable bonds is 5. The molecule has 0 fully saturated rings. The van der Waals surface area contributed by atoms with Crippen LogP contribution in [0.2, 0.25) is 5.02 Å². The highest BCUT2D eigenvalue weighted by Crippen LogP contribution is 2.30. The van der Waals surface area contributed by atoms with Crippen LogP contribution in [0, 0.1) is 0 Å². The molecule has 0 aliphatic rings. The number of benzene rings is 1. The Labute approximate surface area is 130 Å². The molecule has 22 heavy (non-hydrogen) atoms. The second-order valence-electron chi connectivity index (χ2n) is 4.35. The predicted octanol–water partition coefficient (Wildman–Crippen LogP) is 1.46. The van der Waals surface area contributed by atoms with Crippen LogP contribution < -0.4 is 27.5 Å². The Balaban J connectivity index is 2.25. The lowest BCUT2D eigenvalue weighted by atomic mass is 10.1. The maximum absolute atomic E-state index is 11.0. The van der Waals surface area contributed by atoms with Crippen molar-refractivity contribution >= 4 is 34.9 Å². The maximum Gasteiger partial charge on any atom is 0.335 e. The van der Waals surface area contributed by atoms with Crippen molar-refractivity contribution in [3.63, 3.8) is 0 Å². The van der Waals surface area contributed by atoms with E-state index in [0.29, 0.717) is 10.6 Å². The SMILES string of the molecule is NNc1nc(N)cc(OCc2cc(C(=O)O)ccc2Cl)c1N. The highest BCUT2D eigenvalue weighted by molar-refractivity contribution is 6.31. The Morgan fingerprint density at radius 3 is 2.73 bits per heavy atom. The number of pyridine rings is 1. The summed E-state index contributed by atoms with van der Waals surface area (Å²) >= 11 is 6.02. The molecule has 8 N–H and O–H groups in total. The first kappa shape index (κ1) is 15.7. The van der Waals surface area contributed by atoms with E-state index in [2.05, 4.69) is 10.4 Å². The average molecular weight is 324 g/mol. The molecule has 2 rings (SSSR count). The van der Waals surface area contributed by atoms with E-state index in [-0.39, 0.29) is 35.2 Å². The number of nitrogens with zero attached hydrogens (tertiary/aromatic N) is 1. The Kier molecular flexibility index (Phi) is 4.54. The summed E-state index contributed by atoms with van der Waals surface area (Å²) in [6, 6.07) is 5.75. The van der Waals surface area contributed by atoms with Crippen LogP contribution in [0.3, 0.4) is 0 Å². The minimum atomic E-state index is -1.06. The molecule has 1 aromatic heterocycles. The third kappa shape index (κ3) is 3.30. The lowest BCUT2D eigenvalue weighted by Crippen LogP contribution is -2.13. The fourth-order valence-electron chi connectivity index (χ4n) is 1.75. The van der Waals surface area contributed by atoms with Crippen molar-refractivity contribution in [2.75, 3.05) is 16.9 Å². The second-order valence-corrected chi connectivity index (χ2v) is 4.76. The van der Waals surface area contributed by atoms with E-state index in [1.165, 1.54) is 24.3 Å². The van der Waals surface area contributed by atoms with Gasteiger partial charge in [0, 0.05) is 16.7 Å². The predicted molar refractivity (Wildman–Crippen MR) is 83.6 cm³/mol. The van der Waals surface area contributed by atoms with E-state index in [9.17, 15) is 4.79 Å². The number of carbonyl (C=O) groups is 1. The lowest BCUT2D eigenvalue weighted by molar-refractivity contribution is 0.0696. The fraction of sp³-hybridized carbons (Fsp3) is 0.0769. The van der Waals surface area contributed by atoms with Gasteiger partial charge in [0.2, 0.25) is 0 Å². The van der Waals surface area contributed by atoms with Gasteiger partial charge in [0.1, 0.15) is 23.9 Å². The molecule has 1 heterocycles. The van der Waals surface area contributed by atoms with Crippen LogP contribution in [0.5, 0.6) is 5.75 Å². The Morgan fingerprint density at radius 1 is 1.36 bits per heavy atom. The summed E-state index contributed by atoms with van der Waals surface area (Å²) in [5, 5.41) is 9.36. The van der Waals surface area contributed by atoms with Crippen LogP contribution in [0.25, 0.3) is 0 Å². The van der Waals surface area contributed by atoms with Crippen LogP contribution >= 0.6 is 11.6 Å².